The number of amides is 1. The maximum Gasteiger partial charge on any atom is 0.232 e. The van der Waals surface area contributed by atoms with E-state index in [1.165, 1.54) is 15.0 Å². The second kappa shape index (κ2) is 6.18. The molecule has 1 aromatic heterocycles. The third-order valence-electron chi connectivity index (χ3n) is 3.83. The maximum atomic E-state index is 12.0. The van der Waals surface area contributed by atoms with Crippen molar-refractivity contribution in [3.05, 3.63) is 35.2 Å². The second-order valence-corrected chi connectivity index (χ2v) is 9.61. The van der Waals surface area contributed by atoms with Gasteiger partial charge in [-0.1, -0.05) is 18.2 Å². The van der Waals surface area contributed by atoms with Gasteiger partial charge in [0.25, 0.3) is 0 Å². The van der Waals surface area contributed by atoms with Gasteiger partial charge < -0.3 is 4.90 Å². The third kappa shape index (κ3) is 3.80. The number of hydrogen-bond donors (Lipinski definition) is 0. The van der Waals surface area contributed by atoms with Crippen LogP contribution in [-0.2, 0) is 20.3 Å². The van der Waals surface area contributed by atoms with Crippen LogP contribution in [0.1, 0.15) is 11.3 Å². The molecule has 3 rings (SSSR count). The van der Waals surface area contributed by atoms with Crippen LogP contribution in [0.4, 0.5) is 0 Å². The van der Waals surface area contributed by atoms with Gasteiger partial charge in [-0.05, 0) is 23.9 Å². The minimum Gasteiger partial charge on any atom is -0.342 e. The fourth-order valence-corrected chi connectivity index (χ4v) is 5.24. The third-order valence-corrected chi connectivity index (χ3v) is 6.26. The highest BCUT2D eigenvalue weighted by Gasteiger charge is 2.31. The zero-order chi connectivity index (χ0) is 15.7. The highest BCUT2D eigenvalue weighted by Crippen LogP contribution is 2.27. The van der Waals surface area contributed by atoms with Gasteiger partial charge in [0.05, 0.1) is 5.75 Å². The molecule has 22 heavy (non-hydrogen) atoms. The molecule has 1 aromatic carbocycles. The van der Waals surface area contributed by atoms with Crippen LogP contribution in [0.25, 0.3) is 10.1 Å². The molecule has 1 aliphatic heterocycles. The van der Waals surface area contributed by atoms with Crippen LogP contribution < -0.4 is 0 Å². The Kier molecular flexibility index (Phi) is 4.43. The number of nitrogens with zero attached hydrogens (tertiary/aromatic N) is 1. The normalized spacial score (nSPS) is 19.2. The van der Waals surface area contributed by atoms with E-state index in [1.807, 2.05) is 12.1 Å². The highest BCUT2D eigenvalue weighted by atomic mass is 35.7. The molecular weight excluding hydrogens is 342 g/mol. The SMILES string of the molecule is O=C1CC(CS(=O)(=O)Cl)CN1CCc1cc2ccccc2s1. The lowest BCUT2D eigenvalue weighted by Crippen LogP contribution is -2.28. The van der Waals surface area contributed by atoms with Crippen LogP contribution in [0.5, 0.6) is 0 Å². The van der Waals surface area contributed by atoms with Crippen LogP contribution in [0, 0.1) is 5.92 Å². The Hall–Kier alpha value is -1.11. The lowest BCUT2D eigenvalue weighted by molar-refractivity contribution is -0.127. The minimum absolute atomic E-state index is 0.0198. The Morgan fingerprint density at radius 3 is 2.82 bits per heavy atom. The summed E-state index contributed by atoms with van der Waals surface area (Å²) in [4.78, 5) is 14.9. The Balaban J connectivity index is 1.60. The molecule has 1 amide bonds. The molecule has 2 aromatic rings. The topological polar surface area (TPSA) is 54.5 Å². The summed E-state index contributed by atoms with van der Waals surface area (Å²) in [5.74, 6) is -0.288. The van der Waals surface area contributed by atoms with E-state index in [0.717, 1.165) is 6.42 Å². The van der Waals surface area contributed by atoms with Crippen LogP contribution in [0.15, 0.2) is 30.3 Å². The first-order chi connectivity index (χ1) is 10.4. The van der Waals surface area contributed by atoms with Gasteiger partial charge in [0.15, 0.2) is 0 Å². The van der Waals surface area contributed by atoms with Gasteiger partial charge in [0.1, 0.15) is 0 Å². The van der Waals surface area contributed by atoms with Gasteiger partial charge in [-0.15, -0.1) is 11.3 Å². The molecule has 118 valence electrons. The molecule has 0 saturated carbocycles. The first-order valence-electron chi connectivity index (χ1n) is 7.08. The van der Waals surface area contributed by atoms with E-state index in [1.54, 1.807) is 16.2 Å². The molecule has 4 nitrogen and oxygen atoms in total. The molecule has 0 spiro atoms. The smallest absolute Gasteiger partial charge is 0.232 e. The Morgan fingerprint density at radius 1 is 1.32 bits per heavy atom. The second-order valence-electron chi connectivity index (χ2n) is 5.62. The lowest BCUT2D eigenvalue weighted by Gasteiger charge is -2.15. The lowest BCUT2D eigenvalue weighted by atomic mass is 10.1. The molecule has 0 aliphatic carbocycles. The average Bonchev–Trinajstić information content (AvgIpc) is 2.97. The van der Waals surface area contributed by atoms with E-state index in [-0.39, 0.29) is 24.0 Å². The standard InChI is InChI=1S/C15H16ClNO3S2/c16-22(19,20)10-11-7-15(18)17(9-11)6-5-13-8-12-3-1-2-4-14(12)21-13/h1-4,8,11H,5-7,9-10H2. The number of benzene rings is 1. The van der Waals surface area contributed by atoms with Crippen molar-refractivity contribution in [1.29, 1.82) is 0 Å². The van der Waals surface area contributed by atoms with Crippen molar-refractivity contribution in [3.8, 4) is 0 Å². The van der Waals surface area contributed by atoms with E-state index >= 15 is 0 Å². The van der Waals surface area contributed by atoms with Crippen LogP contribution >= 0.6 is 22.0 Å². The average molecular weight is 358 g/mol. The molecule has 1 unspecified atom stereocenters. The quantitative estimate of drug-likeness (QED) is 0.773. The highest BCUT2D eigenvalue weighted by molar-refractivity contribution is 8.13. The van der Waals surface area contributed by atoms with Gasteiger partial charge in [-0.25, -0.2) is 8.42 Å². The summed E-state index contributed by atoms with van der Waals surface area (Å²) in [5, 5.41) is 1.22. The summed E-state index contributed by atoms with van der Waals surface area (Å²) in [6.07, 6.45) is 1.07. The van der Waals surface area contributed by atoms with Gasteiger partial charge >= 0.3 is 0 Å². The van der Waals surface area contributed by atoms with Crippen molar-refractivity contribution >= 4 is 47.1 Å². The summed E-state index contributed by atoms with van der Waals surface area (Å²) in [7, 11) is 1.73. The number of likely N-dealkylation sites (tertiary alicyclic amines) is 1. The summed E-state index contributed by atoms with van der Waals surface area (Å²) < 4.78 is 23.5. The van der Waals surface area contributed by atoms with Crippen molar-refractivity contribution in [2.45, 2.75) is 12.8 Å². The van der Waals surface area contributed by atoms with E-state index in [2.05, 4.69) is 18.2 Å². The molecule has 2 heterocycles. The van der Waals surface area contributed by atoms with E-state index in [9.17, 15) is 13.2 Å². The number of thiophene rings is 1. The number of fused-ring (bicyclic) bond motifs is 1. The fraction of sp³-hybridized carbons (Fsp3) is 0.400. The van der Waals surface area contributed by atoms with Gasteiger partial charge in [-0.2, -0.15) is 0 Å². The number of halogens is 1. The van der Waals surface area contributed by atoms with Crippen LogP contribution in [0.2, 0.25) is 0 Å². The maximum absolute atomic E-state index is 12.0. The first-order valence-corrected chi connectivity index (χ1v) is 10.4. The van der Waals surface area contributed by atoms with Crippen molar-refractivity contribution in [2.75, 3.05) is 18.8 Å². The molecule has 0 radical (unpaired) electrons. The molecule has 1 aliphatic rings. The van der Waals surface area contributed by atoms with Crippen molar-refractivity contribution in [2.24, 2.45) is 5.92 Å². The summed E-state index contributed by atoms with van der Waals surface area (Å²) >= 11 is 1.74. The Morgan fingerprint density at radius 2 is 2.09 bits per heavy atom. The van der Waals surface area contributed by atoms with Gasteiger partial charge in [0, 0.05) is 45.7 Å². The summed E-state index contributed by atoms with van der Waals surface area (Å²) in [6.45, 7) is 1.11. The minimum atomic E-state index is -3.54. The number of hydrogen-bond acceptors (Lipinski definition) is 4. The van der Waals surface area contributed by atoms with Crippen LogP contribution in [0.3, 0.4) is 0 Å². The molecule has 0 N–H and O–H groups in total. The molecule has 1 fully saturated rings. The zero-order valence-electron chi connectivity index (χ0n) is 11.9. The number of carbonyl (C=O) groups excluding carboxylic acids is 1. The number of carbonyl (C=O) groups is 1. The van der Waals surface area contributed by atoms with Crippen LogP contribution in [-0.4, -0.2) is 38.1 Å². The summed E-state index contributed by atoms with van der Waals surface area (Å²) in [6, 6.07) is 10.4. The van der Waals surface area contributed by atoms with E-state index in [0.29, 0.717) is 13.1 Å². The zero-order valence-corrected chi connectivity index (χ0v) is 14.3. The van der Waals surface area contributed by atoms with Crippen molar-refractivity contribution in [1.82, 2.24) is 4.90 Å². The fourth-order valence-electron chi connectivity index (χ4n) is 2.87. The van der Waals surface area contributed by atoms with E-state index < -0.39 is 9.05 Å². The summed E-state index contributed by atoms with van der Waals surface area (Å²) in [5.41, 5.74) is 0. The predicted octanol–water partition coefficient (Wildman–Crippen LogP) is 2.86. The predicted molar refractivity (Wildman–Crippen MR) is 89.9 cm³/mol. The Labute approximate surface area is 138 Å². The van der Waals surface area contributed by atoms with E-state index in [4.69, 9.17) is 10.7 Å². The molecule has 0 bridgehead atoms. The molecule has 7 heteroatoms. The molecule has 1 saturated heterocycles. The van der Waals surface area contributed by atoms with Crippen molar-refractivity contribution in [3.63, 3.8) is 0 Å². The van der Waals surface area contributed by atoms with Gasteiger partial charge in [0.2, 0.25) is 15.0 Å². The molecule has 1 atom stereocenters. The Bertz CT molecular complexity index is 767. The molecular formula is C15H16ClNO3S2. The first kappa shape index (κ1) is 15.8. The number of rotatable bonds is 5. The largest absolute Gasteiger partial charge is 0.342 e. The monoisotopic (exact) mass is 357 g/mol. The van der Waals surface area contributed by atoms with Gasteiger partial charge in [-0.3, -0.25) is 4.79 Å². The van der Waals surface area contributed by atoms with Crippen molar-refractivity contribution < 1.29 is 13.2 Å².